The smallest absolute Gasteiger partial charge is 0.140 e. The lowest BCUT2D eigenvalue weighted by atomic mass is 10.2. The van der Waals surface area contributed by atoms with Gasteiger partial charge in [0.05, 0.1) is 11.0 Å². The van der Waals surface area contributed by atoms with Crippen LogP contribution in [0.4, 0.5) is 5.69 Å². The van der Waals surface area contributed by atoms with Crippen LogP contribution in [0.5, 0.6) is 0 Å². The molecule has 3 N–H and O–H groups in total. The highest BCUT2D eigenvalue weighted by atomic mass is 14.9. The normalized spacial score (nSPS) is 10.9. The maximum absolute atomic E-state index is 5.74. The largest absolute Gasteiger partial charge is 0.399 e. The number of aromatic nitrogens is 3. The third-order valence-electron chi connectivity index (χ3n) is 2.77. The maximum atomic E-state index is 5.74. The first-order valence-electron chi connectivity index (χ1n) is 5.41. The van der Waals surface area contributed by atoms with Crippen LogP contribution in [-0.2, 0) is 0 Å². The number of nitrogen functional groups attached to an aromatic ring is 1. The fraction of sp³-hybridized carbons (Fsp3) is 0.0769. The number of aromatic amines is 1. The second-order valence-electron chi connectivity index (χ2n) is 4.00. The van der Waals surface area contributed by atoms with Crippen LogP contribution in [0.1, 0.15) is 5.69 Å². The van der Waals surface area contributed by atoms with E-state index in [0.29, 0.717) is 0 Å². The fourth-order valence-electron chi connectivity index (χ4n) is 1.89. The number of nitrogens with two attached hydrogens (primary N) is 1. The van der Waals surface area contributed by atoms with Gasteiger partial charge in [0.15, 0.2) is 0 Å². The van der Waals surface area contributed by atoms with Crippen molar-refractivity contribution in [2.24, 2.45) is 0 Å². The van der Waals surface area contributed by atoms with Crippen molar-refractivity contribution in [2.75, 3.05) is 5.73 Å². The SMILES string of the molecule is Cc1ncccc1-c1nc2ccc(N)cc2[nH]1. The van der Waals surface area contributed by atoms with Crippen molar-refractivity contribution < 1.29 is 0 Å². The lowest BCUT2D eigenvalue weighted by Gasteiger charge is -1.99. The summed E-state index contributed by atoms with van der Waals surface area (Å²) in [6.45, 7) is 1.97. The Morgan fingerprint density at radius 1 is 1.24 bits per heavy atom. The number of aryl methyl sites for hydroxylation is 1. The summed E-state index contributed by atoms with van der Waals surface area (Å²) in [6.07, 6.45) is 1.78. The Balaban J connectivity index is 2.22. The first-order valence-corrected chi connectivity index (χ1v) is 5.41. The Morgan fingerprint density at radius 3 is 2.94 bits per heavy atom. The number of H-pyrrole nitrogens is 1. The molecule has 3 aromatic rings. The van der Waals surface area contributed by atoms with E-state index in [4.69, 9.17) is 5.73 Å². The molecule has 0 saturated carbocycles. The van der Waals surface area contributed by atoms with Crippen molar-refractivity contribution in [3.8, 4) is 11.4 Å². The lowest BCUT2D eigenvalue weighted by molar-refractivity contribution is 1.18. The van der Waals surface area contributed by atoms with E-state index in [2.05, 4.69) is 15.0 Å². The minimum Gasteiger partial charge on any atom is -0.399 e. The van der Waals surface area contributed by atoms with Gasteiger partial charge in [0.2, 0.25) is 0 Å². The molecule has 0 amide bonds. The van der Waals surface area contributed by atoms with Gasteiger partial charge in [0.25, 0.3) is 0 Å². The first kappa shape index (κ1) is 9.84. The molecule has 1 aromatic carbocycles. The van der Waals surface area contributed by atoms with Gasteiger partial charge in [-0.1, -0.05) is 0 Å². The van der Waals surface area contributed by atoms with Gasteiger partial charge in [0, 0.05) is 23.1 Å². The van der Waals surface area contributed by atoms with E-state index in [1.807, 2.05) is 37.3 Å². The lowest BCUT2D eigenvalue weighted by Crippen LogP contribution is -1.87. The molecule has 0 saturated heterocycles. The number of fused-ring (bicyclic) bond motifs is 1. The van der Waals surface area contributed by atoms with E-state index >= 15 is 0 Å². The number of pyridine rings is 1. The van der Waals surface area contributed by atoms with Crippen molar-refractivity contribution >= 4 is 16.7 Å². The van der Waals surface area contributed by atoms with Gasteiger partial charge in [-0.3, -0.25) is 4.98 Å². The van der Waals surface area contributed by atoms with Crippen molar-refractivity contribution in [1.29, 1.82) is 0 Å². The monoisotopic (exact) mass is 224 g/mol. The summed E-state index contributed by atoms with van der Waals surface area (Å²) >= 11 is 0. The van der Waals surface area contributed by atoms with Crippen molar-refractivity contribution in [2.45, 2.75) is 6.92 Å². The van der Waals surface area contributed by atoms with Crippen LogP contribution in [0.3, 0.4) is 0 Å². The Labute approximate surface area is 98.5 Å². The molecule has 2 heterocycles. The summed E-state index contributed by atoms with van der Waals surface area (Å²) in [5, 5.41) is 0. The van der Waals surface area contributed by atoms with E-state index in [9.17, 15) is 0 Å². The average Bonchev–Trinajstić information content (AvgIpc) is 2.72. The molecule has 84 valence electrons. The van der Waals surface area contributed by atoms with Gasteiger partial charge in [-0.2, -0.15) is 0 Å². The summed E-state index contributed by atoms with van der Waals surface area (Å²) in [5.41, 5.74) is 10.3. The Hall–Kier alpha value is -2.36. The highest BCUT2D eigenvalue weighted by Crippen LogP contribution is 2.23. The predicted molar refractivity (Wildman–Crippen MR) is 68.5 cm³/mol. The molecule has 17 heavy (non-hydrogen) atoms. The van der Waals surface area contributed by atoms with Gasteiger partial charge >= 0.3 is 0 Å². The summed E-state index contributed by atoms with van der Waals surface area (Å²) in [6, 6.07) is 9.56. The number of nitrogens with zero attached hydrogens (tertiary/aromatic N) is 2. The standard InChI is InChI=1S/C13H12N4/c1-8-10(3-2-6-15-8)13-16-11-5-4-9(14)7-12(11)17-13/h2-7H,14H2,1H3,(H,16,17). The summed E-state index contributed by atoms with van der Waals surface area (Å²) in [5.74, 6) is 0.830. The zero-order valence-corrected chi connectivity index (χ0v) is 9.44. The molecule has 0 aliphatic carbocycles. The van der Waals surface area contributed by atoms with E-state index in [0.717, 1.165) is 33.8 Å². The molecule has 2 aromatic heterocycles. The number of imidazole rings is 1. The van der Waals surface area contributed by atoms with Crippen LogP contribution in [0.15, 0.2) is 36.5 Å². The van der Waals surface area contributed by atoms with Crippen LogP contribution in [0, 0.1) is 6.92 Å². The predicted octanol–water partition coefficient (Wildman–Crippen LogP) is 2.52. The second kappa shape index (κ2) is 3.59. The number of nitrogens with one attached hydrogen (secondary N) is 1. The molecule has 0 spiro atoms. The molecule has 0 radical (unpaired) electrons. The van der Waals surface area contributed by atoms with Gasteiger partial charge in [-0.25, -0.2) is 4.98 Å². The average molecular weight is 224 g/mol. The van der Waals surface area contributed by atoms with Crippen LogP contribution < -0.4 is 5.73 Å². The first-order chi connectivity index (χ1) is 8.24. The van der Waals surface area contributed by atoms with Gasteiger partial charge < -0.3 is 10.7 Å². The molecule has 0 bridgehead atoms. The van der Waals surface area contributed by atoms with Gasteiger partial charge in [-0.15, -0.1) is 0 Å². The molecule has 0 atom stereocenters. The Morgan fingerprint density at radius 2 is 2.12 bits per heavy atom. The van der Waals surface area contributed by atoms with Crippen LogP contribution in [0.25, 0.3) is 22.4 Å². The summed E-state index contributed by atoms with van der Waals surface area (Å²) < 4.78 is 0. The molecule has 0 unspecified atom stereocenters. The summed E-state index contributed by atoms with van der Waals surface area (Å²) in [4.78, 5) is 12.1. The third kappa shape index (κ3) is 1.63. The second-order valence-corrected chi connectivity index (χ2v) is 4.00. The minimum atomic E-state index is 0.732. The van der Waals surface area contributed by atoms with E-state index in [1.165, 1.54) is 0 Å². The third-order valence-corrected chi connectivity index (χ3v) is 2.77. The number of rotatable bonds is 1. The van der Waals surface area contributed by atoms with Crippen LogP contribution in [0.2, 0.25) is 0 Å². The number of benzene rings is 1. The zero-order valence-electron chi connectivity index (χ0n) is 9.44. The molecule has 4 nitrogen and oxygen atoms in total. The van der Waals surface area contributed by atoms with Gasteiger partial charge in [-0.05, 0) is 37.3 Å². The summed E-state index contributed by atoms with van der Waals surface area (Å²) in [7, 11) is 0. The Bertz CT molecular complexity index is 685. The van der Waals surface area contributed by atoms with E-state index in [-0.39, 0.29) is 0 Å². The zero-order chi connectivity index (χ0) is 11.8. The van der Waals surface area contributed by atoms with E-state index in [1.54, 1.807) is 6.20 Å². The van der Waals surface area contributed by atoms with Crippen molar-refractivity contribution in [3.63, 3.8) is 0 Å². The molecule has 0 fully saturated rings. The van der Waals surface area contributed by atoms with Crippen LogP contribution in [-0.4, -0.2) is 15.0 Å². The Kier molecular flexibility index (Phi) is 2.08. The molecular formula is C13H12N4. The highest BCUT2D eigenvalue weighted by Gasteiger charge is 2.07. The quantitative estimate of drug-likeness (QED) is 0.624. The molecule has 0 aliphatic heterocycles. The molecule has 4 heteroatoms. The minimum absolute atomic E-state index is 0.732. The molecular weight excluding hydrogens is 212 g/mol. The maximum Gasteiger partial charge on any atom is 0.140 e. The van der Waals surface area contributed by atoms with Crippen molar-refractivity contribution in [3.05, 3.63) is 42.2 Å². The number of anilines is 1. The van der Waals surface area contributed by atoms with Gasteiger partial charge in [0.1, 0.15) is 5.82 Å². The fourth-order valence-corrected chi connectivity index (χ4v) is 1.89. The van der Waals surface area contributed by atoms with E-state index < -0.39 is 0 Å². The van der Waals surface area contributed by atoms with Crippen molar-refractivity contribution in [1.82, 2.24) is 15.0 Å². The molecule has 0 aliphatic rings. The number of hydrogen-bond acceptors (Lipinski definition) is 3. The van der Waals surface area contributed by atoms with Crippen LogP contribution >= 0.6 is 0 Å². The topological polar surface area (TPSA) is 67.6 Å². The highest BCUT2D eigenvalue weighted by molar-refractivity contribution is 5.82. The number of hydrogen-bond donors (Lipinski definition) is 2. The molecule has 3 rings (SSSR count).